The van der Waals surface area contributed by atoms with Crippen LogP contribution >= 0.6 is 0 Å². The minimum atomic E-state index is -3.46. The van der Waals surface area contributed by atoms with Gasteiger partial charge in [-0.1, -0.05) is 48.5 Å². The Balaban J connectivity index is 1.64. The van der Waals surface area contributed by atoms with Gasteiger partial charge in [-0.3, -0.25) is 9.10 Å². The fourth-order valence-electron chi connectivity index (χ4n) is 3.62. The van der Waals surface area contributed by atoms with Crippen LogP contribution in [-0.4, -0.2) is 26.6 Å². The second-order valence-electron chi connectivity index (χ2n) is 8.63. The number of benzene rings is 3. The van der Waals surface area contributed by atoms with E-state index in [4.69, 9.17) is 0 Å². The Kier molecular flexibility index (Phi) is 7.92. The van der Waals surface area contributed by atoms with Crippen LogP contribution in [0.4, 0.5) is 5.69 Å². The number of hydrogen-bond acceptors (Lipinski definition) is 3. The molecule has 0 aliphatic rings. The molecule has 0 bridgehead atoms. The number of aryl methyl sites for hydroxylation is 3. The highest BCUT2D eigenvalue weighted by molar-refractivity contribution is 7.92. The summed E-state index contributed by atoms with van der Waals surface area (Å²) in [6.07, 6.45) is 2.97. The zero-order chi connectivity index (χ0) is 24.0. The van der Waals surface area contributed by atoms with Gasteiger partial charge >= 0.3 is 0 Å². The van der Waals surface area contributed by atoms with Gasteiger partial charge in [0.1, 0.15) is 0 Å². The fraction of sp³-hybridized carbons (Fsp3) is 0.296. The van der Waals surface area contributed by atoms with Gasteiger partial charge < -0.3 is 5.32 Å². The number of carbonyl (C=O) groups excluding carboxylic acids is 1. The van der Waals surface area contributed by atoms with Gasteiger partial charge in [-0.05, 0) is 80.1 Å². The Labute approximate surface area is 197 Å². The molecule has 6 heteroatoms. The van der Waals surface area contributed by atoms with E-state index in [2.05, 4.69) is 17.4 Å². The molecule has 174 valence electrons. The van der Waals surface area contributed by atoms with Gasteiger partial charge in [-0.25, -0.2) is 8.42 Å². The number of sulfonamides is 1. The summed E-state index contributed by atoms with van der Waals surface area (Å²) in [7, 11) is -3.46. The average molecular weight is 465 g/mol. The van der Waals surface area contributed by atoms with Crippen molar-refractivity contribution in [2.45, 2.75) is 46.2 Å². The highest BCUT2D eigenvalue weighted by Crippen LogP contribution is 2.23. The maximum absolute atomic E-state index is 12.6. The maximum Gasteiger partial charge on any atom is 0.251 e. The summed E-state index contributed by atoms with van der Waals surface area (Å²) in [4.78, 5) is 12.6. The van der Waals surface area contributed by atoms with Crippen molar-refractivity contribution in [2.24, 2.45) is 0 Å². The molecular weight excluding hydrogens is 432 g/mol. The zero-order valence-electron chi connectivity index (χ0n) is 19.7. The molecule has 0 spiro atoms. The smallest absolute Gasteiger partial charge is 0.251 e. The normalized spacial score (nSPS) is 12.2. The third kappa shape index (κ3) is 6.93. The van der Waals surface area contributed by atoms with Crippen LogP contribution in [0.25, 0.3) is 0 Å². The van der Waals surface area contributed by atoms with E-state index in [1.54, 1.807) is 12.1 Å². The molecule has 0 aliphatic carbocycles. The van der Waals surface area contributed by atoms with Crippen LogP contribution in [0.3, 0.4) is 0 Å². The van der Waals surface area contributed by atoms with E-state index in [1.165, 1.54) is 16.1 Å². The Morgan fingerprint density at radius 1 is 0.909 bits per heavy atom. The van der Waals surface area contributed by atoms with Crippen LogP contribution in [-0.2, 0) is 23.0 Å². The monoisotopic (exact) mass is 464 g/mol. The minimum absolute atomic E-state index is 0.0443. The Morgan fingerprint density at radius 2 is 1.58 bits per heavy atom. The van der Waals surface area contributed by atoms with E-state index in [0.717, 1.165) is 29.5 Å². The van der Waals surface area contributed by atoms with Gasteiger partial charge in [-0.2, -0.15) is 0 Å². The van der Waals surface area contributed by atoms with Gasteiger partial charge in [-0.15, -0.1) is 0 Å². The molecule has 0 unspecified atom stereocenters. The highest BCUT2D eigenvalue weighted by atomic mass is 32.2. The summed E-state index contributed by atoms with van der Waals surface area (Å²) in [6, 6.07) is 23.0. The molecule has 0 radical (unpaired) electrons. The fourth-order valence-corrected chi connectivity index (χ4v) is 4.50. The van der Waals surface area contributed by atoms with Crippen LogP contribution in [0.1, 0.15) is 46.0 Å². The molecule has 0 saturated heterocycles. The summed E-state index contributed by atoms with van der Waals surface area (Å²) in [5.41, 5.74) is 5.40. The number of carbonyl (C=O) groups is 1. The molecule has 1 amide bonds. The van der Waals surface area contributed by atoms with E-state index in [9.17, 15) is 13.2 Å². The lowest BCUT2D eigenvalue weighted by Crippen LogP contribution is -2.33. The number of nitrogens with zero attached hydrogens (tertiary/aromatic N) is 1. The van der Waals surface area contributed by atoms with Gasteiger partial charge in [0.05, 0.1) is 18.5 Å². The summed E-state index contributed by atoms with van der Waals surface area (Å²) < 4.78 is 26.3. The third-order valence-corrected chi connectivity index (χ3v) is 6.95. The van der Waals surface area contributed by atoms with Crippen molar-refractivity contribution in [2.75, 3.05) is 10.6 Å². The third-order valence-electron chi connectivity index (χ3n) is 5.81. The quantitative estimate of drug-likeness (QED) is 0.483. The highest BCUT2D eigenvalue weighted by Gasteiger charge is 2.19. The van der Waals surface area contributed by atoms with Crippen molar-refractivity contribution >= 4 is 21.6 Å². The predicted molar refractivity (Wildman–Crippen MR) is 135 cm³/mol. The minimum Gasteiger partial charge on any atom is -0.350 e. The molecule has 0 fully saturated rings. The number of amides is 1. The lowest BCUT2D eigenvalue weighted by molar-refractivity contribution is 0.0938. The number of hydrogen-bond donors (Lipinski definition) is 1. The van der Waals surface area contributed by atoms with Crippen LogP contribution in [0.2, 0.25) is 0 Å². The van der Waals surface area contributed by atoms with Gasteiger partial charge in [0.2, 0.25) is 10.0 Å². The maximum atomic E-state index is 12.6. The summed E-state index contributed by atoms with van der Waals surface area (Å²) in [6.45, 7) is 6.17. The Morgan fingerprint density at radius 3 is 2.18 bits per heavy atom. The topological polar surface area (TPSA) is 66.5 Å². The van der Waals surface area contributed by atoms with Crippen molar-refractivity contribution in [3.63, 3.8) is 0 Å². The van der Waals surface area contributed by atoms with E-state index in [0.29, 0.717) is 11.3 Å². The van der Waals surface area contributed by atoms with Crippen molar-refractivity contribution in [1.29, 1.82) is 0 Å². The second kappa shape index (κ2) is 10.7. The van der Waals surface area contributed by atoms with Gasteiger partial charge in [0, 0.05) is 11.6 Å². The number of anilines is 1. The van der Waals surface area contributed by atoms with E-state index < -0.39 is 10.0 Å². The molecule has 3 aromatic rings. The first kappa shape index (κ1) is 24.5. The Hall–Kier alpha value is -3.12. The number of rotatable bonds is 9. The van der Waals surface area contributed by atoms with Crippen molar-refractivity contribution < 1.29 is 13.2 Å². The van der Waals surface area contributed by atoms with E-state index in [-0.39, 0.29) is 18.5 Å². The van der Waals surface area contributed by atoms with Crippen molar-refractivity contribution in [3.05, 3.63) is 101 Å². The largest absolute Gasteiger partial charge is 0.350 e. The lowest BCUT2D eigenvalue weighted by atomic mass is 10.1. The van der Waals surface area contributed by atoms with Crippen LogP contribution < -0.4 is 9.62 Å². The van der Waals surface area contributed by atoms with Crippen molar-refractivity contribution in [3.8, 4) is 0 Å². The predicted octanol–water partition coefficient (Wildman–Crippen LogP) is 5.02. The first-order valence-electron chi connectivity index (χ1n) is 11.1. The SMILES string of the molecule is Cc1ccc(N(Cc2ccc(C(=O)N[C@@H](C)CCc3ccccc3)cc2)S(C)(=O)=O)cc1C. The number of nitrogens with one attached hydrogen (secondary N) is 1. The standard InChI is InChI=1S/C27H32N2O3S/c1-20-10-17-26(18-21(20)2)29(33(4,31)32)19-24-13-15-25(16-14-24)27(30)28-22(3)11-12-23-8-6-5-7-9-23/h5-10,13-18,22H,11-12,19H2,1-4H3,(H,28,30)/t22-/m0/s1. The molecular formula is C27H32N2O3S. The average Bonchev–Trinajstić information content (AvgIpc) is 2.78. The Bertz CT molecular complexity index is 1190. The zero-order valence-corrected chi connectivity index (χ0v) is 20.5. The molecule has 5 nitrogen and oxygen atoms in total. The summed E-state index contributed by atoms with van der Waals surface area (Å²) >= 11 is 0. The van der Waals surface area contributed by atoms with Gasteiger partial charge in [0.25, 0.3) is 5.91 Å². The first-order valence-corrected chi connectivity index (χ1v) is 13.0. The molecule has 3 rings (SSSR count). The van der Waals surface area contributed by atoms with Crippen molar-refractivity contribution in [1.82, 2.24) is 5.32 Å². The van der Waals surface area contributed by atoms with Crippen LogP contribution in [0.15, 0.2) is 72.8 Å². The molecule has 1 N–H and O–H groups in total. The van der Waals surface area contributed by atoms with E-state index >= 15 is 0 Å². The second-order valence-corrected chi connectivity index (χ2v) is 10.5. The van der Waals surface area contributed by atoms with Gasteiger partial charge in [0.15, 0.2) is 0 Å². The molecule has 0 aliphatic heterocycles. The van der Waals surface area contributed by atoms with Crippen LogP contribution in [0.5, 0.6) is 0 Å². The summed E-state index contributed by atoms with van der Waals surface area (Å²) in [5, 5.41) is 3.04. The van der Waals surface area contributed by atoms with E-state index in [1.807, 2.05) is 69.3 Å². The first-order chi connectivity index (χ1) is 15.6. The molecule has 33 heavy (non-hydrogen) atoms. The molecule has 0 aromatic heterocycles. The summed E-state index contributed by atoms with van der Waals surface area (Å²) in [5.74, 6) is -0.128. The lowest BCUT2D eigenvalue weighted by Gasteiger charge is -2.23. The molecule has 1 atom stereocenters. The molecule has 3 aromatic carbocycles. The van der Waals surface area contributed by atoms with Crippen LogP contribution in [0, 0.1) is 13.8 Å². The molecule has 0 saturated carbocycles. The molecule has 0 heterocycles.